The van der Waals surface area contributed by atoms with Crippen LogP contribution in [-0.4, -0.2) is 32.1 Å². The van der Waals surface area contributed by atoms with Gasteiger partial charge in [-0.15, -0.1) is 16.9 Å². The van der Waals surface area contributed by atoms with E-state index in [1.165, 1.54) is 17.8 Å². The van der Waals surface area contributed by atoms with Crippen molar-refractivity contribution in [1.82, 2.24) is 15.0 Å². The van der Waals surface area contributed by atoms with Crippen molar-refractivity contribution in [2.24, 2.45) is 0 Å². The number of rotatable bonds is 7. The predicted octanol–water partition coefficient (Wildman–Crippen LogP) is 2.94. The SMILES string of the molecule is CSCOC(C)c1cc(Cn2cc(C)nn2)ccc1[N+](=O)[O-]. The Morgan fingerprint density at radius 3 is 2.86 bits per heavy atom. The summed E-state index contributed by atoms with van der Waals surface area (Å²) in [5, 5.41) is 19.1. The molecule has 1 heterocycles. The molecule has 1 aromatic carbocycles. The highest BCUT2D eigenvalue weighted by atomic mass is 32.2. The molecule has 0 saturated carbocycles. The quantitative estimate of drug-likeness (QED) is 0.443. The molecule has 2 rings (SSSR count). The van der Waals surface area contributed by atoms with Gasteiger partial charge in [0.2, 0.25) is 0 Å². The van der Waals surface area contributed by atoms with E-state index in [0.29, 0.717) is 18.0 Å². The second-order valence-electron chi connectivity index (χ2n) is 4.92. The number of hydrogen-bond donors (Lipinski definition) is 0. The molecule has 0 N–H and O–H groups in total. The molecule has 8 heteroatoms. The van der Waals surface area contributed by atoms with Crippen molar-refractivity contribution in [2.45, 2.75) is 26.5 Å². The smallest absolute Gasteiger partial charge is 0.275 e. The molecular formula is C14H18N4O3S. The summed E-state index contributed by atoms with van der Waals surface area (Å²) < 4.78 is 7.30. The third-order valence-corrected chi connectivity index (χ3v) is 3.53. The molecule has 0 amide bonds. The van der Waals surface area contributed by atoms with E-state index < -0.39 is 0 Å². The summed E-state index contributed by atoms with van der Waals surface area (Å²) in [5.41, 5.74) is 2.41. The van der Waals surface area contributed by atoms with Crippen molar-refractivity contribution >= 4 is 17.4 Å². The summed E-state index contributed by atoms with van der Waals surface area (Å²) in [6, 6.07) is 5.06. The van der Waals surface area contributed by atoms with E-state index in [4.69, 9.17) is 4.74 Å². The van der Waals surface area contributed by atoms with Crippen LogP contribution in [0.5, 0.6) is 0 Å². The molecule has 0 bridgehead atoms. The van der Waals surface area contributed by atoms with Gasteiger partial charge in [0.15, 0.2) is 0 Å². The Labute approximate surface area is 132 Å². The van der Waals surface area contributed by atoms with E-state index in [1.54, 1.807) is 16.8 Å². The monoisotopic (exact) mass is 322 g/mol. The molecule has 1 unspecified atom stereocenters. The fourth-order valence-electron chi connectivity index (χ4n) is 2.11. The van der Waals surface area contributed by atoms with Crippen molar-refractivity contribution in [3.63, 3.8) is 0 Å². The normalized spacial score (nSPS) is 12.3. The number of benzene rings is 1. The Morgan fingerprint density at radius 1 is 1.50 bits per heavy atom. The van der Waals surface area contributed by atoms with E-state index in [2.05, 4.69) is 10.3 Å². The highest BCUT2D eigenvalue weighted by molar-refractivity contribution is 7.98. The highest BCUT2D eigenvalue weighted by Crippen LogP contribution is 2.29. The van der Waals surface area contributed by atoms with Gasteiger partial charge >= 0.3 is 0 Å². The number of aryl methyl sites for hydroxylation is 1. The molecule has 0 radical (unpaired) electrons. The molecule has 0 fully saturated rings. The Kier molecular flexibility index (Phi) is 5.51. The minimum Gasteiger partial charge on any atom is -0.363 e. The third-order valence-electron chi connectivity index (χ3n) is 3.16. The van der Waals surface area contributed by atoms with Crippen molar-refractivity contribution in [3.05, 3.63) is 51.3 Å². The molecular weight excluding hydrogens is 304 g/mol. The van der Waals surface area contributed by atoms with Gasteiger partial charge in [0.1, 0.15) is 0 Å². The Morgan fingerprint density at radius 2 is 2.27 bits per heavy atom. The first kappa shape index (κ1) is 16.4. The number of thioether (sulfide) groups is 1. The fraction of sp³-hybridized carbons (Fsp3) is 0.429. The van der Waals surface area contributed by atoms with Crippen LogP contribution in [0.1, 0.15) is 29.8 Å². The standard InChI is InChI=1S/C14H18N4O3S/c1-10-7-17(16-15-10)8-12-4-5-14(18(19)20)13(6-12)11(2)21-9-22-3/h4-7,11H,8-9H2,1-3H3. The first-order chi connectivity index (χ1) is 10.5. The van der Waals surface area contributed by atoms with Crippen LogP contribution in [0.4, 0.5) is 5.69 Å². The summed E-state index contributed by atoms with van der Waals surface area (Å²) in [6.45, 7) is 4.20. The van der Waals surface area contributed by atoms with Gasteiger partial charge in [-0.25, -0.2) is 4.68 Å². The summed E-state index contributed by atoms with van der Waals surface area (Å²) in [4.78, 5) is 10.8. The number of hydrogen-bond acceptors (Lipinski definition) is 6. The Bertz CT molecular complexity index is 659. The first-order valence-corrected chi connectivity index (χ1v) is 8.15. The second kappa shape index (κ2) is 7.37. The zero-order chi connectivity index (χ0) is 16.1. The van der Waals surface area contributed by atoms with Crippen molar-refractivity contribution < 1.29 is 9.66 Å². The average molecular weight is 322 g/mol. The van der Waals surface area contributed by atoms with E-state index in [1.807, 2.05) is 26.3 Å². The van der Waals surface area contributed by atoms with Crippen LogP contribution in [0.15, 0.2) is 24.4 Å². The van der Waals surface area contributed by atoms with E-state index >= 15 is 0 Å². The Hall–Kier alpha value is -1.93. The molecule has 1 atom stereocenters. The van der Waals surface area contributed by atoms with Gasteiger partial charge in [-0.2, -0.15) is 0 Å². The third kappa shape index (κ3) is 4.05. The summed E-state index contributed by atoms with van der Waals surface area (Å²) in [5.74, 6) is 0.491. The molecule has 0 saturated heterocycles. The van der Waals surface area contributed by atoms with Crippen LogP contribution in [0.2, 0.25) is 0 Å². The maximum absolute atomic E-state index is 11.2. The van der Waals surface area contributed by atoms with E-state index in [-0.39, 0.29) is 16.7 Å². The molecule has 0 spiro atoms. The molecule has 1 aromatic heterocycles. The van der Waals surface area contributed by atoms with Gasteiger partial charge in [0, 0.05) is 12.3 Å². The number of nitrogens with zero attached hydrogens (tertiary/aromatic N) is 4. The van der Waals surface area contributed by atoms with E-state index in [0.717, 1.165) is 11.3 Å². The predicted molar refractivity (Wildman–Crippen MR) is 84.8 cm³/mol. The molecule has 22 heavy (non-hydrogen) atoms. The Balaban J connectivity index is 2.27. The van der Waals surface area contributed by atoms with Crippen LogP contribution in [0, 0.1) is 17.0 Å². The lowest BCUT2D eigenvalue weighted by Crippen LogP contribution is -2.07. The van der Waals surface area contributed by atoms with Crippen molar-refractivity contribution in [3.8, 4) is 0 Å². The van der Waals surface area contributed by atoms with Gasteiger partial charge in [0.25, 0.3) is 5.69 Å². The minimum absolute atomic E-state index is 0.0760. The van der Waals surface area contributed by atoms with Gasteiger partial charge < -0.3 is 4.74 Å². The molecule has 2 aromatic rings. The fourth-order valence-corrected chi connectivity index (χ4v) is 2.45. The number of aromatic nitrogens is 3. The van der Waals surface area contributed by atoms with Crippen LogP contribution in [0.25, 0.3) is 0 Å². The summed E-state index contributed by atoms with van der Waals surface area (Å²) in [7, 11) is 0. The van der Waals surface area contributed by atoms with Gasteiger partial charge in [-0.05, 0) is 31.7 Å². The molecule has 0 aliphatic carbocycles. The van der Waals surface area contributed by atoms with Gasteiger partial charge in [-0.1, -0.05) is 11.3 Å². The molecule has 0 aliphatic heterocycles. The van der Waals surface area contributed by atoms with Gasteiger partial charge in [-0.3, -0.25) is 10.1 Å². The minimum atomic E-state index is -0.377. The van der Waals surface area contributed by atoms with Crippen LogP contribution < -0.4 is 0 Å². The lowest BCUT2D eigenvalue weighted by atomic mass is 10.0. The summed E-state index contributed by atoms with van der Waals surface area (Å²) in [6.07, 6.45) is 3.41. The lowest BCUT2D eigenvalue weighted by Gasteiger charge is -2.14. The maximum atomic E-state index is 11.2. The van der Waals surface area contributed by atoms with Crippen LogP contribution in [-0.2, 0) is 11.3 Å². The molecule has 0 aliphatic rings. The number of ether oxygens (including phenoxy) is 1. The highest BCUT2D eigenvalue weighted by Gasteiger charge is 2.20. The first-order valence-electron chi connectivity index (χ1n) is 6.75. The maximum Gasteiger partial charge on any atom is 0.275 e. The van der Waals surface area contributed by atoms with Gasteiger partial charge in [0.05, 0.1) is 34.8 Å². The lowest BCUT2D eigenvalue weighted by molar-refractivity contribution is -0.386. The number of nitro benzene ring substituents is 1. The second-order valence-corrected chi connectivity index (χ2v) is 5.74. The zero-order valence-electron chi connectivity index (χ0n) is 12.7. The van der Waals surface area contributed by atoms with Crippen LogP contribution in [0.3, 0.4) is 0 Å². The zero-order valence-corrected chi connectivity index (χ0v) is 13.5. The molecule has 118 valence electrons. The largest absolute Gasteiger partial charge is 0.363 e. The average Bonchev–Trinajstić information content (AvgIpc) is 2.89. The van der Waals surface area contributed by atoms with Crippen LogP contribution >= 0.6 is 11.8 Å². The topological polar surface area (TPSA) is 83.1 Å². The number of nitro groups is 1. The van der Waals surface area contributed by atoms with Crippen molar-refractivity contribution in [2.75, 3.05) is 12.2 Å². The summed E-state index contributed by atoms with van der Waals surface area (Å²) >= 11 is 1.53. The van der Waals surface area contributed by atoms with E-state index in [9.17, 15) is 10.1 Å². The molecule has 7 nitrogen and oxygen atoms in total. The van der Waals surface area contributed by atoms with Crippen molar-refractivity contribution in [1.29, 1.82) is 0 Å².